The summed E-state index contributed by atoms with van der Waals surface area (Å²) in [6.07, 6.45) is 2.96. The van der Waals surface area contributed by atoms with Gasteiger partial charge < -0.3 is 5.32 Å². The molecule has 0 aliphatic carbocycles. The molecule has 0 aromatic carbocycles. The molecule has 1 amide bonds. The second-order valence-corrected chi connectivity index (χ2v) is 5.50. The number of nitrogens with one attached hydrogen (secondary N) is 1. The second kappa shape index (κ2) is 7.35. The molecule has 0 unspecified atom stereocenters. The van der Waals surface area contributed by atoms with Crippen LogP contribution in [0, 0.1) is 13.8 Å². The van der Waals surface area contributed by atoms with E-state index in [1.165, 1.54) is 6.33 Å². The summed E-state index contributed by atoms with van der Waals surface area (Å²) >= 11 is 0. The average Bonchev–Trinajstić information content (AvgIpc) is 2.85. The molecule has 0 bridgehead atoms. The third-order valence-electron chi connectivity index (χ3n) is 4.16. The maximum Gasteiger partial charge on any atom is 0.255 e. The zero-order valence-corrected chi connectivity index (χ0v) is 14.6. The molecule has 6 nitrogen and oxygen atoms in total. The third-order valence-corrected chi connectivity index (χ3v) is 4.16. The number of aryl methyl sites for hydroxylation is 4. The number of carbonyl (C=O) groups excluding carboxylic acids is 1. The highest BCUT2D eigenvalue weighted by Gasteiger charge is 2.18. The van der Waals surface area contributed by atoms with Gasteiger partial charge in [-0.3, -0.25) is 9.48 Å². The van der Waals surface area contributed by atoms with E-state index < -0.39 is 0 Å². The van der Waals surface area contributed by atoms with Gasteiger partial charge in [0, 0.05) is 24.3 Å². The Kier molecular flexibility index (Phi) is 5.47. The zero-order valence-electron chi connectivity index (χ0n) is 14.6. The van der Waals surface area contributed by atoms with Crippen molar-refractivity contribution >= 4 is 5.91 Å². The lowest BCUT2D eigenvalue weighted by atomic mass is 10.1. The number of nitrogens with zero attached hydrogens (tertiary/aromatic N) is 4. The van der Waals surface area contributed by atoms with Gasteiger partial charge in [0.25, 0.3) is 5.91 Å². The van der Waals surface area contributed by atoms with Gasteiger partial charge in [-0.25, -0.2) is 9.97 Å². The van der Waals surface area contributed by atoms with Gasteiger partial charge in [-0.1, -0.05) is 13.8 Å². The van der Waals surface area contributed by atoms with Gasteiger partial charge in [-0.2, -0.15) is 5.10 Å². The predicted octanol–water partition coefficient (Wildman–Crippen LogP) is 2.36. The number of aromatic nitrogens is 4. The van der Waals surface area contributed by atoms with Crippen LogP contribution >= 0.6 is 0 Å². The molecule has 0 atom stereocenters. The zero-order chi connectivity index (χ0) is 17.0. The molecule has 2 heterocycles. The first-order valence-corrected chi connectivity index (χ1v) is 8.17. The van der Waals surface area contributed by atoms with Crippen molar-refractivity contribution in [2.24, 2.45) is 0 Å². The monoisotopic (exact) mass is 315 g/mol. The summed E-state index contributed by atoms with van der Waals surface area (Å²) in [5.41, 5.74) is 5.35. The van der Waals surface area contributed by atoms with E-state index in [1.54, 1.807) is 0 Å². The lowest BCUT2D eigenvalue weighted by Crippen LogP contribution is -2.26. The minimum atomic E-state index is -0.109. The number of hydrogen-bond donors (Lipinski definition) is 1. The molecule has 0 aliphatic rings. The molecule has 0 saturated heterocycles. The van der Waals surface area contributed by atoms with Crippen molar-refractivity contribution in [2.75, 3.05) is 0 Å². The van der Waals surface area contributed by atoms with E-state index in [-0.39, 0.29) is 5.91 Å². The number of carbonyl (C=O) groups is 1. The summed E-state index contributed by atoms with van der Waals surface area (Å²) < 4.78 is 1.96. The Bertz CT molecular complexity index is 683. The van der Waals surface area contributed by atoms with Gasteiger partial charge in [-0.05, 0) is 33.6 Å². The molecule has 23 heavy (non-hydrogen) atoms. The molecule has 6 heteroatoms. The van der Waals surface area contributed by atoms with Crippen molar-refractivity contribution in [3.05, 3.63) is 40.2 Å². The average molecular weight is 315 g/mol. The first-order valence-electron chi connectivity index (χ1n) is 8.17. The van der Waals surface area contributed by atoms with Gasteiger partial charge in [0.2, 0.25) is 0 Å². The van der Waals surface area contributed by atoms with Crippen molar-refractivity contribution in [1.82, 2.24) is 25.1 Å². The van der Waals surface area contributed by atoms with Crippen LogP contribution in [0.4, 0.5) is 0 Å². The second-order valence-electron chi connectivity index (χ2n) is 5.50. The van der Waals surface area contributed by atoms with E-state index in [9.17, 15) is 4.79 Å². The van der Waals surface area contributed by atoms with Crippen molar-refractivity contribution in [3.63, 3.8) is 0 Å². The largest absolute Gasteiger partial charge is 0.348 e. The summed E-state index contributed by atoms with van der Waals surface area (Å²) in [5.74, 6) is -0.109. The molecular weight excluding hydrogens is 290 g/mol. The van der Waals surface area contributed by atoms with E-state index >= 15 is 0 Å². The van der Waals surface area contributed by atoms with Crippen LogP contribution in [0.2, 0.25) is 0 Å². The summed E-state index contributed by atoms with van der Waals surface area (Å²) in [5, 5.41) is 7.50. The van der Waals surface area contributed by atoms with Gasteiger partial charge in [0.15, 0.2) is 0 Å². The minimum absolute atomic E-state index is 0.109. The van der Waals surface area contributed by atoms with Crippen LogP contribution in [0.25, 0.3) is 0 Å². The molecule has 1 N–H and O–H groups in total. The van der Waals surface area contributed by atoms with Gasteiger partial charge in [0.05, 0.1) is 22.6 Å². The number of amides is 1. The molecule has 0 spiro atoms. The van der Waals surface area contributed by atoms with E-state index in [1.807, 2.05) is 32.4 Å². The van der Waals surface area contributed by atoms with Crippen molar-refractivity contribution in [3.8, 4) is 0 Å². The summed E-state index contributed by atoms with van der Waals surface area (Å²) in [6, 6.07) is 0. The highest BCUT2D eigenvalue weighted by Crippen LogP contribution is 2.15. The van der Waals surface area contributed by atoms with Gasteiger partial charge in [-0.15, -0.1) is 0 Å². The van der Waals surface area contributed by atoms with Crippen LogP contribution < -0.4 is 5.32 Å². The Hall–Kier alpha value is -2.24. The normalized spacial score (nSPS) is 10.8. The highest BCUT2D eigenvalue weighted by atomic mass is 16.1. The lowest BCUT2D eigenvalue weighted by Gasteiger charge is -2.12. The standard InChI is InChI=1S/C17H25N5O/c1-6-14-16(15(7-2)20-10-19-14)17(23)18-9-13-11(4)21-22(8-3)12(13)5/h10H,6-9H2,1-5H3,(H,18,23). The fourth-order valence-corrected chi connectivity index (χ4v) is 2.82. The molecule has 0 saturated carbocycles. The van der Waals surface area contributed by atoms with E-state index in [0.29, 0.717) is 24.9 Å². The van der Waals surface area contributed by atoms with Crippen LogP contribution in [0.5, 0.6) is 0 Å². The van der Waals surface area contributed by atoms with Crippen molar-refractivity contribution in [1.29, 1.82) is 0 Å². The smallest absolute Gasteiger partial charge is 0.255 e. The Morgan fingerprint density at radius 3 is 2.22 bits per heavy atom. The van der Waals surface area contributed by atoms with Crippen LogP contribution in [0.15, 0.2) is 6.33 Å². The summed E-state index contributed by atoms with van der Waals surface area (Å²) in [6.45, 7) is 11.4. The Morgan fingerprint density at radius 2 is 1.74 bits per heavy atom. The van der Waals surface area contributed by atoms with Crippen LogP contribution in [0.3, 0.4) is 0 Å². The summed E-state index contributed by atoms with van der Waals surface area (Å²) in [7, 11) is 0. The van der Waals surface area contributed by atoms with Crippen LogP contribution in [-0.2, 0) is 25.9 Å². The molecule has 2 aromatic heterocycles. The number of hydrogen-bond acceptors (Lipinski definition) is 4. The fraction of sp³-hybridized carbons (Fsp3) is 0.529. The van der Waals surface area contributed by atoms with E-state index in [2.05, 4.69) is 27.3 Å². The topological polar surface area (TPSA) is 72.7 Å². The highest BCUT2D eigenvalue weighted by molar-refractivity contribution is 5.96. The summed E-state index contributed by atoms with van der Waals surface area (Å²) in [4.78, 5) is 21.1. The third kappa shape index (κ3) is 3.41. The Morgan fingerprint density at radius 1 is 1.13 bits per heavy atom. The van der Waals surface area contributed by atoms with Crippen LogP contribution in [-0.4, -0.2) is 25.7 Å². The molecule has 2 aromatic rings. The van der Waals surface area contributed by atoms with Crippen LogP contribution in [0.1, 0.15) is 59.5 Å². The molecule has 2 rings (SSSR count). The Labute approximate surface area is 137 Å². The van der Waals surface area contributed by atoms with Crippen molar-refractivity contribution < 1.29 is 4.79 Å². The predicted molar refractivity (Wildman–Crippen MR) is 89.3 cm³/mol. The Balaban J connectivity index is 2.22. The molecule has 124 valence electrons. The fourth-order valence-electron chi connectivity index (χ4n) is 2.82. The first-order chi connectivity index (χ1) is 11.0. The SMILES string of the molecule is CCc1ncnc(CC)c1C(=O)NCc1c(C)nn(CC)c1C. The quantitative estimate of drug-likeness (QED) is 0.888. The maximum atomic E-state index is 12.7. The molecule has 0 fully saturated rings. The first kappa shape index (κ1) is 17.1. The molecule has 0 aliphatic heterocycles. The van der Waals surface area contributed by atoms with E-state index in [0.717, 1.165) is 34.9 Å². The lowest BCUT2D eigenvalue weighted by molar-refractivity contribution is 0.0948. The van der Waals surface area contributed by atoms with E-state index in [4.69, 9.17) is 0 Å². The molecular formula is C17H25N5O. The van der Waals surface area contributed by atoms with Crippen molar-refractivity contribution in [2.45, 2.75) is 60.5 Å². The molecule has 0 radical (unpaired) electrons. The number of rotatable bonds is 6. The van der Waals surface area contributed by atoms with Gasteiger partial charge in [0.1, 0.15) is 6.33 Å². The minimum Gasteiger partial charge on any atom is -0.348 e. The van der Waals surface area contributed by atoms with Gasteiger partial charge >= 0.3 is 0 Å². The maximum absolute atomic E-state index is 12.7.